The molecule has 0 spiro atoms. The van der Waals surface area contributed by atoms with Crippen LogP contribution in [0.25, 0.3) is 11.1 Å². The molecule has 1 aliphatic carbocycles. The number of fused-ring (bicyclic) bond motifs is 1. The predicted molar refractivity (Wildman–Crippen MR) is 105 cm³/mol. The molecule has 0 bridgehead atoms. The number of benzene rings is 1. The molecule has 1 amide bonds. The first-order valence-electron chi connectivity index (χ1n) is 8.81. The maximum Gasteiger partial charge on any atom is 0.287 e. The minimum atomic E-state index is -2.97. The highest BCUT2D eigenvalue weighted by molar-refractivity contribution is 7.91. The van der Waals surface area contributed by atoms with Crippen LogP contribution in [-0.4, -0.2) is 27.4 Å². The number of halogens is 1. The van der Waals surface area contributed by atoms with Crippen LogP contribution in [0.2, 0.25) is 5.02 Å². The monoisotopic (exact) mass is 421 g/mol. The van der Waals surface area contributed by atoms with Crippen LogP contribution in [0, 0.1) is 10.2 Å². The third-order valence-electron chi connectivity index (χ3n) is 4.97. The van der Waals surface area contributed by atoms with Crippen molar-refractivity contribution in [1.29, 1.82) is 4.78 Å². The molecule has 9 heteroatoms. The molecule has 1 saturated carbocycles. The third-order valence-corrected chi connectivity index (χ3v) is 6.20. The summed E-state index contributed by atoms with van der Waals surface area (Å²) in [7, 11) is -2.97. The van der Waals surface area contributed by atoms with E-state index in [1.165, 1.54) is 18.4 Å². The molecule has 1 fully saturated rings. The summed E-state index contributed by atoms with van der Waals surface area (Å²) in [5, 5.41) is 3.54. The van der Waals surface area contributed by atoms with E-state index in [-0.39, 0.29) is 28.2 Å². The Kier molecular flexibility index (Phi) is 4.50. The SMILES string of the molecule is CC1(Cc2nc3cc(Cl)ccc3o2)CC(NC(=O)c2ccc(S(C)(=N)=O)o2)C1. The van der Waals surface area contributed by atoms with Crippen molar-refractivity contribution in [3.63, 3.8) is 0 Å². The lowest BCUT2D eigenvalue weighted by atomic mass is 9.65. The lowest BCUT2D eigenvalue weighted by Gasteiger charge is -2.44. The zero-order chi connectivity index (χ0) is 20.1. The number of hydrogen-bond acceptors (Lipinski definition) is 6. The fraction of sp³-hybridized carbons (Fsp3) is 0.368. The van der Waals surface area contributed by atoms with Crippen molar-refractivity contribution in [2.45, 2.75) is 37.3 Å². The molecule has 0 radical (unpaired) electrons. The van der Waals surface area contributed by atoms with Gasteiger partial charge in [-0.2, -0.15) is 0 Å². The average Bonchev–Trinajstić information content (AvgIpc) is 3.18. The Labute approximate surface area is 167 Å². The van der Waals surface area contributed by atoms with E-state index < -0.39 is 9.73 Å². The highest BCUT2D eigenvalue weighted by Crippen LogP contribution is 2.43. The average molecular weight is 422 g/mol. The van der Waals surface area contributed by atoms with E-state index in [9.17, 15) is 9.00 Å². The minimum absolute atomic E-state index is 0.00663. The highest BCUT2D eigenvalue weighted by atomic mass is 35.5. The second-order valence-corrected chi connectivity index (χ2v) is 10.3. The number of hydrogen-bond donors (Lipinski definition) is 2. The largest absolute Gasteiger partial charge is 0.441 e. The molecule has 0 aliphatic heterocycles. The molecule has 148 valence electrons. The number of nitrogens with one attached hydrogen (secondary N) is 2. The van der Waals surface area contributed by atoms with Crippen molar-refractivity contribution in [3.05, 3.63) is 47.0 Å². The van der Waals surface area contributed by atoms with Gasteiger partial charge in [-0.15, -0.1) is 0 Å². The van der Waals surface area contributed by atoms with E-state index in [1.54, 1.807) is 12.1 Å². The standard InChI is InChI=1S/C19H20ClN3O4S/c1-19(10-16-23-13-7-11(20)3-4-14(13)26-16)8-12(9-19)22-18(24)15-5-6-17(27-15)28(2,21)25/h3-7,12,21H,8-10H2,1-2H3,(H,22,24). The number of oxazole rings is 1. The molecular formula is C19H20ClN3O4S. The molecular weight excluding hydrogens is 402 g/mol. The van der Waals surface area contributed by atoms with Crippen molar-refractivity contribution >= 4 is 38.3 Å². The molecule has 2 heterocycles. The molecule has 1 aromatic carbocycles. The van der Waals surface area contributed by atoms with E-state index in [0.29, 0.717) is 22.9 Å². The lowest BCUT2D eigenvalue weighted by molar-refractivity contribution is 0.0698. The highest BCUT2D eigenvalue weighted by Gasteiger charge is 2.42. The maximum atomic E-state index is 12.3. The Morgan fingerprint density at radius 2 is 2.11 bits per heavy atom. The second-order valence-electron chi connectivity index (χ2n) is 7.75. The van der Waals surface area contributed by atoms with Crippen LogP contribution in [0.4, 0.5) is 0 Å². The molecule has 28 heavy (non-hydrogen) atoms. The molecule has 3 aromatic rings. The second kappa shape index (κ2) is 6.63. The molecule has 7 nitrogen and oxygen atoms in total. The van der Waals surface area contributed by atoms with Gasteiger partial charge in [-0.1, -0.05) is 18.5 Å². The van der Waals surface area contributed by atoms with Gasteiger partial charge in [-0.25, -0.2) is 14.0 Å². The van der Waals surface area contributed by atoms with E-state index >= 15 is 0 Å². The van der Waals surface area contributed by atoms with Crippen molar-refractivity contribution in [3.8, 4) is 0 Å². The molecule has 4 rings (SSSR count). The summed E-state index contributed by atoms with van der Waals surface area (Å²) in [5.41, 5.74) is 1.43. The van der Waals surface area contributed by atoms with Crippen molar-refractivity contribution in [1.82, 2.24) is 10.3 Å². The first kappa shape index (κ1) is 19.0. The maximum absolute atomic E-state index is 12.3. The summed E-state index contributed by atoms with van der Waals surface area (Å²) in [6.45, 7) is 2.13. The van der Waals surface area contributed by atoms with Gasteiger partial charge in [0.1, 0.15) is 15.2 Å². The number of furan rings is 1. The predicted octanol–water partition coefficient (Wildman–Crippen LogP) is 4.25. The Hall–Kier alpha value is -2.32. The zero-order valence-corrected chi connectivity index (χ0v) is 17.0. The summed E-state index contributed by atoms with van der Waals surface area (Å²) in [5.74, 6) is 0.369. The number of rotatable bonds is 5. The summed E-state index contributed by atoms with van der Waals surface area (Å²) < 4.78 is 30.2. The summed E-state index contributed by atoms with van der Waals surface area (Å²) in [6, 6.07) is 8.24. The van der Waals surface area contributed by atoms with E-state index in [2.05, 4.69) is 17.2 Å². The van der Waals surface area contributed by atoms with Crippen LogP contribution < -0.4 is 5.32 Å². The first-order chi connectivity index (χ1) is 13.1. The lowest BCUT2D eigenvalue weighted by Crippen LogP contribution is -2.50. The number of carbonyl (C=O) groups excluding carboxylic acids is 1. The van der Waals surface area contributed by atoms with Crippen LogP contribution in [-0.2, 0) is 16.1 Å². The van der Waals surface area contributed by atoms with Crippen LogP contribution >= 0.6 is 11.6 Å². The van der Waals surface area contributed by atoms with Gasteiger partial charge in [0.25, 0.3) is 5.91 Å². The van der Waals surface area contributed by atoms with E-state index in [4.69, 9.17) is 25.2 Å². The molecule has 2 N–H and O–H groups in total. The normalized spacial score (nSPS) is 23.9. The van der Waals surface area contributed by atoms with Crippen molar-refractivity contribution < 1.29 is 17.8 Å². The zero-order valence-electron chi connectivity index (χ0n) is 15.5. The van der Waals surface area contributed by atoms with Gasteiger partial charge in [-0.05, 0) is 48.6 Å². The van der Waals surface area contributed by atoms with Gasteiger partial charge in [0.15, 0.2) is 22.3 Å². The van der Waals surface area contributed by atoms with E-state index in [0.717, 1.165) is 18.4 Å². The molecule has 1 atom stereocenters. The van der Waals surface area contributed by atoms with Gasteiger partial charge in [-0.3, -0.25) is 4.79 Å². The smallest absolute Gasteiger partial charge is 0.287 e. The Morgan fingerprint density at radius 1 is 1.36 bits per heavy atom. The summed E-state index contributed by atoms with van der Waals surface area (Å²) in [4.78, 5) is 16.8. The minimum Gasteiger partial charge on any atom is -0.441 e. The number of amides is 1. The Balaban J connectivity index is 1.36. The Morgan fingerprint density at radius 3 is 2.79 bits per heavy atom. The van der Waals surface area contributed by atoms with Gasteiger partial charge in [0.05, 0.1) is 0 Å². The molecule has 1 aliphatic rings. The molecule has 1 unspecified atom stereocenters. The number of aromatic nitrogens is 1. The number of carbonyl (C=O) groups is 1. The van der Waals surface area contributed by atoms with Crippen LogP contribution in [0.1, 0.15) is 36.2 Å². The van der Waals surface area contributed by atoms with Crippen LogP contribution in [0.5, 0.6) is 0 Å². The van der Waals surface area contributed by atoms with E-state index in [1.807, 2.05) is 6.07 Å². The fourth-order valence-electron chi connectivity index (χ4n) is 3.67. The molecule has 2 aromatic heterocycles. The van der Waals surface area contributed by atoms with Gasteiger partial charge >= 0.3 is 0 Å². The topological polar surface area (TPSA) is 109 Å². The van der Waals surface area contributed by atoms with Gasteiger partial charge < -0.3 is 14.2 Å². The summed E-state index contributed by atoms with van der Waals surface area (Å²) >= 11 is 5.99. The van der Waals surface area contributed by atoms with Crippen molar-refractivity contribution in [2.75, 3.05) is 6.26 Å². The quantitative estimate of drug-likeness (QED) is 0.639. The van der Waals surface area contributed by atoms with Crippen LogP contribution in [0.15, 0.2) is 44.3 Å². The van der Waals surface area contributed by atoms with Crippen molar-refractivity contribution in [2.24, 2.45) is 5.41 Å². The Bertz CT molecular complexity index is 1160. The fourth-order valence-corrected chi connectivity index (χ4v) is 4.42. The number of nitrogens with zero attached hydrogens (tertiary/aromatic N) is 1. The third kappa shape index (κ3) is 3.79. The van der Waals surface area contributed by atoms with Crippen LogP contribution in [0.3, 0.4) is 0 Å². The van der Waals surface area contributed by atoms with Gasteiger partial charge in [0.2, 0.25) is 0 Å². The molecule has 0 saturated heterocycles. The first-order valence-corrected chi connectivity index (χ1v) is 11.2. The van der Waals surface area contributed by atoms with Gasteiger partial charge in [0, 0.05) is 23.7 Å². The summed E-state index contributed by atoms with van der Waals surface area (Å²) in [6.07, 6.45) is 3.50.